The third-order valence-corrected chi connectivity index (χ3v) is 7.14. The molecule has 0 radical (unpaired) electrons. The number of benzene rings is 3. The summed E-state index contributed by atoms with van der Waals surface area (Å²) in [5, 5.41) is 8.63. The molecule has 5 rings (SSSR count). The first-order valence-electron chi connectivity index (χ1n) is 11.4. The summed E-state index contributed by atoms with van der Waals surface area (Å²) in [5.41, 5.74) is 3.71. The minimum Gasteiger partial charge on any atom is -0.324 e. The van der Waals surface area contributed by atoms with Gasteiger partial charge in [-0.15, -0.1) is 0 Å². The minimum absolute atomic E-state index is 0.0617. The van der Waals surface area contributed by atoms with E-state index in [9.17, 15) is 18.4 Å². The molecular weight excluding hydrogens is 482 g/mol. The maximum Gasteiger partial charge on any atom is 0.262 e. The van der Waals surface area contributed by atoms with Gasteiger partial charge in [0.25, 0.3) is 5.91 Å². The van der Waals surface area contributed by atoms with E-state index in [1.807, 2.05) is 31.2 Å². The molecule has 9 heteroatoms. The molecule has 3 aromatic carbocycles. The van der Waals surface area contributed by atoms with Crippen molar-refractivity contribution < 1.29 is 18.4 Å². The first kappa shape index (κ1) is 23.9. The quantitative estimate of drug-likeness (QED) is 0.501. The Hall–Kier alpha value is -3.85. The Balaban J connectivity index is 1.36. The van der Waals surface area contributed by atoms with E-state index in [0.717, 1.165) is 22.4 Å². The second-order valence-electron chi connectivity index (χ2n) is 8.60. The fraction of sp³-hybridized carbons (Fsp3) is 0.185. The Morgan fingerprint density at radius 2 is 1.78 bits per heavy atom. The Morgan fingerprint density at radius 3 is 2.50 bits per heavy atom. The van der Waals surface area contributed by atoms with Crippen LogP contribution in [0.15, 0.2) is 82.9 Å². The molecular formula is C27H22F2N4O2S. The zero-order valence-electron chi connectivity index (χ0n) is 19.3. The molecule has 0 fully saturated rings. The fourth-order valence-electron chi connectivity index (χ4n) is 4.09. The van der Waals surface area contributed by atoms with Gasteiger partial charge in [-0.3, -0.25) is 9.59 Å². The van der Waals surface area contributed by atoms with Gasteiger partial charge in [0.05, 0.1) is 17.4 Å². The lowest BCUT2D eigenvalue weighted by Gasteiger charge is -2.23. The molecule has 0 unspecified atom stereocenters. The van der Waals surface area contributed by atoms with Crippen molar-refractivity contribution >= 4 is 40.1 Å². The molecule has 0 bridgehead atoms. The molecule has 0 saturated carbocycles. The number of nitrogens with one attached hydrogen (secondary N) is 1. The molecule has 2 aliphatic rings. The van der Waals surface area contributed by atoms with Crippen LogP contribution < -0.4 is 5.32 Å². The van der Waals surface area contributed by atoms with E-state index >= 15 is 0 Å². The van der Waals surface area contributed by atoms with E-state index < -0.39 is 22.9 Å². The number of nitrogens with zero attached hydrogens (tertiary/aromatic N) is 3. The number of amidine groups is 1. The molecule has 182 valence electrons. The summed E-state index contributed by atoms with van der Waals surface area (Å²) in [4.78, 5) is 29.4. The lowest BCUT2D eigenvalue weighted by Crippen LogP contribution is -2.25. The third-order valence-electron chi connectivity index (χ3n) is 5.99. The SMILES string of the molecule is Cc1ccc([C@H]2CC(c3ccc(F)cc3)=NN2C2=NC(=O)[C@@H](CC(=O)Nc3ccccc3F)S2)cc1. The summed E-state index contributed by atoms with van der Waals surface area (Å²) in [6, 6.07) is 19.8. The average Bonchev–Trinajstić information content (AvgIpc) is 3.45. The van der Waals surface area contributed by atoms with Crippen molar-refractivity contribution in [3.8, 4) is 0 Å². The number of aryl methyl sites for hydroxylation is 1. The van der Waals surface area contributed by atoms with E-state index in [-0.39, 0.29) is 24.0 Å². The first-order valence-corrected chi connectivity index (χ1v) is 12.3. The predicted octanol–water partition coefficient (Wildman–Crippen LogP) is 5.45. The Labute approximate surface area is 211 Å². The minimum atomic E-state index is -0.740. The van der Waals surface area contributed by atoms with E-state index in [1.54, 1.807) is 23.2 Å². The topological polar surface area (TPSA) is 74.1 Å². The monoisotopic (exact) mass is 504 g/mol. The summed E-state index contributed by atoms with van der Waals surface area (Å²) in [6.45, 7) is 2.00. The van der Waals surface area contributed by atoms with Crippen molar-refractivity contribution in [2.24, 2.45) is 10.1 Å². The van der Waals surface area contributed by atoms with Gasteiger partial charge in [-0.1, -0.05) is 65.9 Å². The van der Waals surface area contributed by atoms with Crippen LogP contribution in [0, 0.1) is 18.6 Å². The van der Waals surface area contributed by atoms with Gasteiger partial charge in [0.2, 0.25) is 5.91 Å². The van der Waals surface area contributed by atoms with Crippen molar-refractivity contribution in [3.63, 3.8) is 0 Å². The van der Waals surface area contributed by atoms with Crippen LogP contribution in [0.5, 0.6) is 0 Å². The van der Waals surface area contributed by atoms with Gasteiger partial charge >= 0.3 is 0 Å². The van der Waals surface area contributed by atoms with E-state index in [1.165, 1.54) is 42.1 Å². The highest BCUT2D eigenvalue weighted by molar-refractivity contribution is 8.15. The van der Waals surface area contributed by atoms with Crippen LogP contribution in [-0.4, -0.2) is 33.0 Å². The molecule has 0 spiro atoms. The number of hydrogen-bond donors (Lipinski definition) is 1. The molecule has 3 aromatic rings. The first-order chi connectivity index (χ1) is 17.4. The zero-order valence-corrected chi connectivity index (χ0v) is 20.1. The van der Waals surface area contributed by atoms with Gasteiger partial charge in [0, 0.05) is 12.8 Å². The molecule has 2 heterocycles. The van der Waals surface area contributed by atoms with Crippen molar-refractivity contribution in [1.29, 1.82) is 0 Å². The molecule has 2 aliphatic heterocycles. The van der Waals surface area contributed by atoms with Gasteiger partial charge in [0.1, 0.15) is 16.9 Å². The molecule has 0 aliphatic carbocycles. The summed E-state index contributed by atoms with van der Waals surface area (Å²) in [7, 11) is 0. The second-order valence-corrected chi connectivity index (χ2v) is 9.77. The molecule has 2 amide bonds. The highest BCUT2D eigenvalue weighted by Gasteiger charge is 2.39. The maximum absolute atomic E-state index is 13.9. The van der Waals surface area contributed by atoms with Gasteiger partial charge in [-0.2, -0.15) is 10.1 Å². The zero-order chi connectivity index (χ0) is 25.2. The molecule has 1 N–H and O–H groups in total. The van der Waals surface area contributed by atoms with Crippen LogP contribution in [-0.2, 0) is 9.59 Å². The van der Waals surface area contributed by atoms with Crippen LogP contribution in [0.1, 0.15) is 35.6 Å². The smallest absolute Gasteiger partial charge is 0.262 e. The van der Waals surface area contributed by atoms with Crippen LogP contribution in [0.4, 0.5) is 14.5 Å². The number of para-hydroxylation sites is 1. The van der Waals surface area contributed by atoms with Gasteiger partial charge in [-0.05, 0) is 42.3 Å². The van der Waals surface area contributed by atoms with Crippen molar-refractivity contribution in [1.82, 2.24) is 5.01 Å². The predicted molar refractivity (Wildman–Crippen MR) is 137 cm³/mol. The lowest BCUT2D eigenvalue weighted by molar-refractivity contribution is -0.121. The van der Waals surface area contributed by atoms with Gasteiger partial charge in [-0.25, -0.2) is 13.8 Å². The van der Waals surface area contributed by atoms with Crippen molar-refractivity contribution in [2.45, 2.75) is 31.1 Å². The molecule has 2 atom stereocenters. The van der Waals surface area contributed by atoms with E-state index in [0.29, 0.717) is 11.6 Å². The van der Waals surface area contributed by atoms with E-state index in [4.69, 9.17) is 5.10 Å². The molecule has 0 saturated heterocycles. The van der Waals surface area contributed by atoms with Crippen LogP contribution in [0.2, 0.25) is 0 Å². The van der Waals surface area contributed by atoms with Crippen molar-refractivity contribution in [2.75, 3.05) is 5.32 Å². The lowest BCUT2D eigenvalue weighted by atomic mass is 9.98. The number of hydrazone groups is 1. The summed E-state index contributed by atoms with van der Waals surface area (Å²) in [6.07, 6.45) is 0.392. The maximum atomic E-state index is 13.9. The van der Waals surface area contributed by atoms with Crippen LogP contribution >= 0.6 is 11.8 Å². The number of thioether (sulfide) groups is 1. The van der Waals surface area contributed by atoms with Gasteiger partial charge < -0.3 is 5.32 Å². The second kappa shape index (κ2) is 10.0. The Kier molecular flexibility index (Phi) is 6.65. The largest absolute Gasteiger partial charge is 0.324 e. The summed E-state index contributed by atoms with van der Waals surface area (Å²) in [5.74, 6) is -1.79. The number of rotatable bonds is 5. The summed E-state index contributed by atoms with van der Waals surface area (Å²) >= 11 is 1.17. The van der Waals surface area contributed by atoms with Crippen LogP contribution in [0.25, 0.3) is 0 Å². The standard InChI is InChI=1S/C27H22F2N4O2S/c1-16-6-8-18(9-7-16)23-14-22(17-10-12-19(28)13-11-17)32-33(23)27-31-26(35)24(36-27)15-25(34)30-21-5-3-2-4-20(21)29/h2-13,23-24H,14-15H2,1H3,(H,30,34)/t23-,24-/m1/s1. The average molecular weight is 505 g/mol. The highest BCUT2D eigenvalue weighted by atomic mass is 32.2. The van der Waals surface area contributed by atoms with Crippen LogP contribution in [0.3, 0.4) is 0 Å². The number of anilines is 1. The normalized spacial score (nSPS) is 19.3. The van der Waals surface area contributed by atoms with E-state index in [2.05, 4.69) is 10.3 Å². The molecule has 36 heavy (non-hydrogen) atoms. The number of carbonyl (C=O) groups excluding carboxylic acids is 2. The Morgan fingerprint density at radius 1 is 1.06 bits per heavy atom. The highest BCUT2D eigenvalue weighted by Crippen LogP contribution is 2.38. The molecule has 0 aromatic heterocycles. The third kappa shape index (κ3) is 5.06. The number of aliphatic imine (C=N–C) groups is 1. The fourth-order valence-corrected chi connectivity index (χ4v) is 5.15. The number of hydrogen-bond acceptors (Lipinski definition) is 5. The number of carbonyl (C=O) groups is 2. The number of amides is 2. The Bertz CT molecular complexity index is 1370. The van der Waals surface area contributed by atoms with Crippen molar-refractivity contribution in [3.05, 3.63) is 101 Å². The van der Waals surface area contributed by atoms with Gasteiger partial charge in [0.15, 0.2) is 5.17 Å². The summed E-state index contributed by atoms with van der Waals surface area (Å²) < 4.78 is 27.3. The molecule has 6 nitrogen and oxygen atoms in total. The number of halogens is 2.